The normalized spacial score (nSPS) is 18.4. The molecular weight excluding hydrogens is 531 g/mol. The van der Waals surface area contributed by atoms with Crippen molar-refractivity contribution in [1.82, 2.24) is 0 Å². The van der Waals surface area contributed by atoms with Gasteiger partial charge in [-0.25, -0.2) is 0 Å². The molecule has 0 unspecified atom stereocenters. The quantitative estimate of drug-likeness (QED) is 0.123. The fraction of sp³-hybridized carbons (Fsp3) is 0.720. The van der Waals surface area contributed by atoms with E-state index in [1.807, 2.05) is 0 Å². The van der Waals surface area contributed by atoms with Crippen LogP contribution in [0.15, 0.2) is 18.2 Å². The molecule has 12 heteroatoms. The van der Waals surface area contributed by atoms with Gasteiger partial charge in [0.2, 0.25) is 0 Å². The van der Waals surface area contributed by atoms with Gasteiger partial charge in [-0.3, -0.25) is 4.55 Å². The van der Waals surface area contributed by atoms with E-state index in [2.05, 4.69) is 11.1 Å². The molecule has 1 aliphatic rings. The lowest BCUT2D eigenvalue weighted by molar-refractivity contribution is -0.0500. The van der Waals surface area contributed by atoms with Crippen LogP contribution in [0.4, 0.5) is 13.2 Å². The average molecular weight is 570 g/mol. The fourth-order valence-corrected chi connectivity index (χ4v) is 4.95. The largest absolute Gasteiger partial charge is 0.534 e. The lowest BCUT2D eigenvalue weighted by Crippen LogP contribution is -2.28. The highest BCUT2D eigenvalue weighted by Crippen LogP contribution is 2.39. The molecule has 0 bridgehead atoms. The summed E-state index contributed by atoms with van der Waals surface area (Å²) in [6, 6.07) is 5.95. The van der Waals surface area contributed by atoms with E-state index in [-0.39, 0.29) is 11.5 Å². The third-order valence-corrected chi connectivity index (χ3v) is 7.36. The molecule has 1 saturated carbocycles. The van der Waals surface area contributed by atoms with Gasteiger partial charge in [0, 0.05) is 0 Å². The predicted molar refractivity (Wildman–Crippen MR) is 136 cm³/mol. The van der Waals surface area contributed by atoms with Gasteiger partial charge in [-0.2, -0.15) is 35.3 Å². The molecule has 0 aliphatic heterocycles. The van der Waals surface area contributed by atoms with Crippen LogP contribution in [-0.4, -0.2) is 33.2 Å². The lowest BCUT2D eigenvalue weighted by Gasteiger charge is -2.29. The topological polar surface area (TPSA) is 122 Å². The van der Waals surface area contributed by atoms with E-state index in [4.69, 9.17) is 4.55 Å². The summed E-state index contributed by atoms with van der Waals surface area (Å²) in [5, 5.41) is 9.28. The molecule has 212 valence electrons. The summed E-state index contributed by atoms with van der Waals surface area (Å²) >= 11 is 0. The number of unbranched alkanes of at least 4 members (excludes halogenated alkanes) is 7. The van der Waals surface area contributed by atoms with Crippen LogP contribution in [0.5, 0.6) is 5.75 Å². The van der Waals surface area contributed by atoms with Crippen LogP contribution in [0.3, 0.4) is 0 Å². The number of nitriles is 1. The first-order valence-electron chi connectivity index (χ1n) is 12.6. The van der Waals surface area contributed by atoms with Gasteiger partial charge in [0.1, 0.15) is 6.07 Å². The smallest absolute Gasteiger partial charge is 0.375 e. The molecule has 0 amide bonds. The van der Waals surface area contributed by atoms with Crippen LogP contribution in [0.1, 0.15) is 107 Å². The molecule has 2 rings (SSSR count). The molecule has 0 spiro atoms. The Bertz CT molecular complexity index is 1070. The van der Waals surface area contributed by atoms with E-state index in [0.29, 0.717) is 12.2 Å². The molecule has 0 aromatic heterocycles. The lowest BCUT2D eigenvalue weighted by atomic mass is 9.77. The maximum Gasteiger partial charge on any atom is 0.534 e. The Kier molecular flexibility index (Phi) is 13.9. The molecule has 1 aromatic carbocycles. The summed E-state index contributed by atoms with van der Waals surface area (Å²) in [4.78, 5) is 0. The van der Waals surface area contributed by atoms with Crippen molar-refractivity contribution in [1.29, 1.82) is 5.26 Å². The van der Waals surface area contributed by atoms with Crippen molar-refractivity contribution in [2.75, 3.05) is 6.26 Å². The van der Waals surface area contributed by atoms with Crippen molar-refractivity contribution in [2.24, 2.45) is 5.92 Å². The van der Waals surface area contributed by atoms with Gasteiger partial charge >= 0.3 is 15.6 Å². The van der Waals surface area contributed by atoms with Crippen molar-refractivity contribution in [2.45, 2.75) is 102 Å². The number of alkyl halides is 3. The Morgan fingerprint density at radius 3 is 1.97 bits per heavy atom. The maximum absolute atomic E-state index is 12.6. The van der Waals surface area contributed by atoms with Gasteiger partial charge in [0.25, 0.3) is 10.1 Å². The predicted octanol–water partition coefficient (Wildman–Crippen LogP) is 7.10. The van der Waals surface area contributed by atoms with Crippen LogP contribution < -0.4 is 4.18 Å². The highest BCUT2D eigenvalue weighted by Gasteiger charge is 2.48. The summed E-state index contributed by atoms with van der Waals surface area (Å²) in [7, 11) is -9.47. The van der Waals surface area contributed by atoms with Crippen molar-refractivity contribution in [3.05, 3.63) is 29.3 Å². The summed E-state index contributed by atoms with van der Waals surface area (Å²) in [5.74, 6) is 0.350. The van der Waals surface area contributed by atoms with Crippen LogP contribution in [-0.2, 0) is 20.2 Å². The fourth-order valence-electron chi connectivity index (χ4n) is 4.48. The monoisotopic (exact) mass is 569 g/mol. The number of hydrogen-bond acceptors (Lipinski definition) is 6. The van der Waals surface area contributed by atoms with Crippen LogP contribution in [0.2, 0.25) is 0 Å². The molecule has 37 heavy (non-hydrogen) atoms. The SMILES string of the molecule is CCCCCCCCCCC1CCC(c2ccc(OS(=O)(=O)C(F)(F)F)c(C#N)c2)CC1.CS(=O)(=O)O. The van der Waals surface area contributed by atoms with Gasteiger partial charge in [-0.1, -0.05) is 70.8 Å². The molecule has 1 aliphatic carbocycles. The average Bonchev–Trinajstić information content (AvgIpc) is 2.79. The minimum absolute atomic E-state index is 0.198. The molecule has 1 fully saturated rings. The summed E-state index contributed by atoms with van der Waals surface area (Å²) in [5.41, 5.74) is -4.88. The highest BCUT2D eigenvalue weighted by atomic mass is 32.2. The molecule has 0 saturated heterocycles. The van der Waals surface area contributed by atoms with Gasteiger partial charge < -0.3 is 4.18 Å². The third-order valence-electron chi connectivity index (χ3n) is 6.39. The zero-order valence-corrected chi connectivity index (χ0v) is 23.1. The summed E-state index contributed by atoms with van der Waals surface area (Å²) in [6.45, 7) is 2.23. The minimum Gasteiger partial charge on any atom is -0.375 e. The number of benzene rings is 1. The zero-order valence-electron chi connectivity index (χ0n) is 21.5. The standard InChI is InChI=1S/C24H34F3NO3S.CH4O3S/c1-2-3-4-5-6-7-8-9-10-19-11-13-20(14-12-19)21-15-16-23(22(17-21)18-28)31-32(29,30)24(25,26)27;1-5(2,3)4/h15-17,19-20H,2-14H2,1H3;1H3,(H,2,3,4). The third kappa shape index (κ3) is 13.5. The molecule has 7 nitrogen and oxygen atoms in total. The Hall–Kier alpha value is -1.84. The summed E-state index contributed by atoms with van der Waals surface area (Å²) < 4.78 is 90.2. The van der Waals surface area contributed by atoms with Gasteiger partial charge in [0.15, 0.2) is 5.75 Å². The van der Waals surface area contributed by atoms with Crippen LogP contribution in [0, 0.1) is 17.2 Å². The van der Waals surface area contributed by atoms with Crippen molar-refractivity contribution in [3.8, 4) is 11.8 Å². The minimum atomic E-state index is -5.80. The van der Waals surface area contributed by atoms with Gasteiger partial charge in [-0.15, -0.1) is 0 Å². The second-order valence-corrected chi connectivity index (χ2v) is 12.6. The van der Waals surface area contributed by atoms with Crippen LogP contribution in [0.25, 0.3) is 0 Å². The van der Waals surface area contributed by atoms with Crippen molar-refractivity contribution >= 4 is 20.2 Å². The van der Waals surface area contributed by atoms with Crippen molar-refractivity contribution < 1.29 is 38.7 Å². The zero-order chi connectivity index (χ0) is 28.1. The van der Waals surface area contributed by atoms with Gasteiger partial charge in [0.05, 0.1) is 11.8 Å². The number of nitrogens with zero attached hydrogens (tertiary/aromatic N) is 1. The number of rotatable bonds is 12. The Morgan fingerprint density at radius 1 is 0.973 bits per heavy atom. The summed E-state index contributed by atoms with van der Waals surface area (Å²) in [6.07, 6.45) is 16.6. The second-order valence-electron chi connectivity index (χ2n) is 9.56. The molecular formula is C25H38F3NO6S2. The number of hydrogen-bond donors (Lipinski definition) is 1. The Morgan fingerprint density at radius 2 is 1.49 bits per heavy atom. The first kappa shape index (κ1) is 33.2. The molecule has 0 heterocycles. The molecule has 1 aromatic rings. The Labute approximate surface area is 219 Å². The first-order valence-corrected chi connectivity index (χ1v) is 15.9. The van der Waals surface area contributed by atoms with E-state index in [1.165, 1.54) is 63.9 Å². The van der Waals surface area contributed by atoms with Gasteiger partial charge in [-0.05, 0) is 55.2 Å². The molecule has 0 radical (unpaired) electrons. The van der Waals surface area contributed by atoms with Crippen LogP contribution >= 0.6 is 0 Å². The highest BCUT2D eigenvalue weighted by molar-refractivity contribution is 7.88. The maximum atomic E-state index is 12.6. The molecule has 0 atom stereocenters. The van der Waals surface area contributed by atoms with E-state index in [9.17, 15) is 35.3 Å². The number of halogens is 3. The van der Waals surface area contributed by atoms with E-state index in [0.717, 1.165) is 37.3 Å². The van der Waals surface area contributed by atoms with E-state index < -0.39 is 31.5 Å². The van der Waals surface area contributed by atoms with E-state index >= 15 is 0 Å². The van der Waals surface area contributed by atoms with Crippen molar-refractivity contribution in [3.63, 3.8) is 0 Å². The Balaban J connectivity index is 0.00000124. The van der Waals surface area contributed by atoms with E-state index in [1.54, 1.807) is 12.1 Å². The molecule has 1 N–H and O–H groups in total. The first-order chi connectivity index (χ1) is 17.2. The second kappa shape index (κ2) is 15.5.